The smallest absolute Gasteiger partial charge is 0.252 e. The van der Waals surface area contributed by atoms with Gasteiger partial charge in [-0.25, -0.2) is 8.42 Å². The van der Waals surface area contributed by atoms with Crippen LogP contribution in [0.2, 0.25) is 0 Å². The molecule has 0 bridgehead atoms. The molecule has 0 spiro atoms. The summed E-state index contributed by atoms with van der Waals surface area (Å²) in [5.74, 6) is 0. The van der Waals surface area contributed by atoms with E-state index in [2.05, 4.69) is 19.2 Å². The Bertz CT molecular complexity index is 560. The van der Waals surface area contributed by atoms with Gasteiger partial charge in [0.15, 0.2) is 0 Å². The number of hydrogen-bond acceptors (Lipinski definition) is 4. The predicted octanol–water partition coefficient (Wildman–Crippen LogP) is 2.73. The maximum atomic E-state index is 12.7. The fourth-order valence-corrected chi connectivity index (χ4v) is 5.55. The molecular weight excluding hydrogens is 292 g/mol. The van der Waals surface area contributed by atoms with Gasteiger partial charge in [0.2, 0.25) is 0 Å². The number of nitrogens with one attached hydrogen (secondary N) is 1. The Morgan fingerprint density at radius 3 is 2.60 bits per heavy atom. The zero-order valence-electron chi connectivity index (χ0n) is 12.6. The minimum absolute atomic E-state index is 0.227. The number of hydrogen-bond donors (Lipinski definition) is 1. The summed E-state index contributed by atoms with van der Waals surface area (Å²) in [7, 11) is -3.30. The first-order valence-corrected chi connectivity index (χ1v) is 9.46. The van der Waals surface area contributed by atoms with Crippen LogP contribution < -0.4 is 5.32 Å². The second-order valence-electron chi connectivity index (χ2n) is 5.65. The topological polar surface area (TPSA) is 49.4 Å². The van der Waals surface area contributed by atoms with Crippen LogP contribution in [-0.4, -0.2) is 31.4 Å². The highest BCUT2D eigenvalue weighted by atomic mass is 32.2. The number of nitrogens with zero attached hydrogens (tertiary/aromatic N) is 1. The monoisotopic (exact) mass is 316 g/mol. The Hall–Kier alpha value is -0.430. The normalized spacial score (nSPS) is 16.3. The van der Waals surface area contributed by atoms with Crippen molar-refractivity contribution in [1.29, 1.82) is 0 Å². The van der Waals surface area contributed by atoms with Gasteiger partial charge < -0.3 is 5.32 Å². The van der Waals surface area contributed by atoms with Gasteiger partial charge in [-0.15, -0.1) is 11.3 Å². The lowest BCUT2D eigenvalue weighted by Crippen LogP contribution is -2.32. The Balaban J connectivity index is 2.21. The molecule has 2 rings (SSSR count). The molecule has 0 aliphatic heterocycles. The molecule has 1 aromatic heterocycles. The highest BCUT2D eigenvalue weighted by Crippen LogP contribution is 2.35. The minimum atomic E-state index is -3.30. The van der Waals surface area contributed by atoms with Crippen LogP contribution in [0.3, 0.4) is 0 Å². The molecule has 1 aliphatic carbocycles. The molecule has 1 N–H and O–H groups in total. The Morgan fingerprint density at radius 2 is 2.10 bits per heavy atom. The van der Waals surface area contributed by atoms with E-state index in [4.69, 9.17) is 0 Å². The van der Waals surface area contributed by atoms with Crippen LogP contribution >= 0.6 is 11.3 Å². The first-order valence-electron chi connectivity index (χ1n) is 7.20. The van der Waals surface area contributed by atoms with Crippen LogP contribution in [0, 0.1) is 6.92 Å². The molecule has 1 saturated carbocycles. The van der Waals surface area contributed by atoms with Crippen molar-refractivity contribution in [2.24, 2.45) is 0 Å². The van der Waals surface area contributed by atoms with Gasteiger partial charge >= 0.3 is 0 Å². The van der Waals surface area contributed by atoms with Gasteiger partial charge in [0, 0.05) is 30.1 Å². The largest absolute Gasteiger partial charge is 0.310 e. The van der Waals surface area contributed by atoms with Gasteiger partial charge in [-0.1, -0.05) is 20.8 Å². The van der Waals surface area contributed by atoms with Crippen molar-refractivity contribution >= 4 is 21.4 Å². The van der Waals surface area contributed by atoms with Crippen molar-refractivity contribution in [3.8, 4) is 0 Å². The SMILES string of the molecule is CCN(C1CC1)S(=O)(=O)c1cc(C)c(CNC(C)C)s1. The maximum absolute atomic E-state index is 12.7. The summed E-state index contributed by atoms with van der Waals surface area (Å²) in [5, 5.41) is 3.35. The molecule has 1 aromatic rings. The Morgan fingerprint density at radius 1 is 1.45 bits per heavy atom. The molecular formula is C14H24N2O2S2. The third kappa shape index (κ3) is 3.42. The van der Waals surface area contributed by atoms with E-state index >= 15 is 0 Å². The molecule has 0 unspecified atom stereocenters. The summed E-state index contributed by atoms with van der Waals surface area (Å²) < 4.78 is 27.5. The van der Waals surface area contributed by atoms with Gasteiger partial charge in [0.25, 0.3) is 10.0 Å². The van der Waals surface area contributed by atoms with Crippen molar-refractivity contribution < 1.29 is 8.42 Å². The highest BCUT2D eigenvalue weighted by molar-refractivity contribution is 7.91. The lowest BCUT2D eigenvalue weighted by Gasteiger charge is -2.18. The Kier molecular flexibility index (Phi) is 4.89. The van der Waals surface area contributed by atoms with E-state index in [9.17, 15) is 8.42 Å². The number of sulfonamides is 1. The molecule has 1 aliphatic rings. The van der Waals surface area contributed by atoms with Crippen molar-refractivity contribution in [2.75, 3.05) is 6.54 Å². The van der Waals surface area contributed by atoms with E-state index in [1.54, 1.807) is 4.31 Å². The molecule has 4 nitrogen and oxygen atoms in total. The van der Waals surface area contributed by atoms with Crippen LogP contribution in [0.5, 0.6) is 0 Å². The molecule has 0 aromatic carbocycles. The molecule has 0 atom stereocenters. The zero-order valence-corrected chi connectivity index (χ0v) is 14.3. The molecule has 6 heteroatoms. The van der Waals surface area contributed by atoms with Gasteiger partial charge in [-0.05, 0) is 31.4 Å². The zero-order chi connectivity index (χ0) is 14.9. The first kappa shape index (κ1) is 15.9. The number of thiophene rings is 1. The van der Waals surface area contributed by atoms with Gasteiger partial charge in [0.05, 0.1) is 0 Å². The molecule has 0 radical (unpaired) electrons. The Labute approximate surface area is 126 Å². The molecule has 20 heavy (non-hydrogen) atoms. The number of aryl methyl sites for hydroxylation is 1. The van der Waals surface area contributed by atoms with Crippen molar-refractivity contribution in [3.05, 3.63) is 16.5 Å². The summed E-state index contributed by atoms with van der Waals surface area (Å²) >= 11 is 1.41. The second kappa shape index (κ2) is 6.13. The average molecular weight is 316 g/mol. The standard InChI is InChI=1S/C14H24N2O2S2/c1-5-16(12-6-7-12)20(17,18)14-8-11(4)13(19-14)9-15-10(2)3/h8,10,12,15H,5-7,9H2,1-4H3. The molecule has 0 saturated heterocycles. The quantitative estimate of drug-likeness (QED) is 0.841. The van der Waals surface area contributed by atoms with Gasteiger partial charge in [0.1, 0.15) is 4.21 Å². The van der Waals surface area contributed by atoms with E-state index in [0.717, 1.165) is 29.8 Å². The van der Waals surface area contributed by atoms with Crippen molar-refractivity contribution in [1.82, 2.24) is 9.62 Å². The van der Waals surface area contributed by atoms with Crippen LogP contribution in [0.25, 0.3) is 0 Å². The summed E-state index contributed by atoms with van der Waals surface area (Å²) in [4.78, 5) is 1.11. The molecule has 1 fully saturated rings. The highest BCUT2D eigenvalue weighted by Gasteiger charge is 2.37. The van der Waals surface area contributed by atoms with E-state index in [0.29, 0.717) is 16.8 Å². The average Bonchev–Trinajstić information content (AvgIpc) is 3.10. The summed E-state index contributed by atoms with van der Waals surface area (Å²) in [6, 6.07) is 2.45. The lowest BCUT2D eigenvalue weighted by atomic mass is 10.3. The number of rotatable bonds is 7. The molecule has 114 valence electrons. The maximum Gasteiger partial charge on any atom is 0.252 e. The van der Waals surface area contributed by atoms with E-state index in [-0.39, 0.29) is 6.04 Å². The van der Waals surface area contributed by atoms with Crippen LogP contribution in [0.4, 0.5) is 0 Å². The second-order valence-corrected chi connectivity index (χ2v) is 8.90. The fourth-order valence-electron chi connectivity index (χ4n) is 2.19. The molecule has 0 amide bonds. The summed E-state index contributed by atoms with van der Waals surface area (Å²) in [6.07, 6.45) is 2.00. The minimum Gasteiger partial charge on any atom is -0.310 e. The summed E-state index contributed by atoms with van der Waals surface area (Å²) in [6.45, 7) is 9.37. The van der Waals surface area contributed by atoms with E-state index in [1.807, 2.05) is 19.9 Å². The third-order valence-corrected chi connectivity index (χ3v) is 7.21. The van der Waals surface area contributed by atoms with E-state index in [1.165, 1.54) is 11.3 Å². The van der Waals surface area contributed by atoms with Crippen molar-refractivity contribution in [3.63, 3.8) is 0 Å². The third-order valence-electron chi connectivity index (χ3n) is 3.50. The summed E-state index contributed by atoms with van der Waals surface area (Å²) in [5.41, 5.74) is 1.06. The molecule has 1 heterocycles. The van der Waals surface area contributed by atoms with E-state index < -0.39 is 10.0 Å². The lowest BCUT2D eigenvalue weighted by molar-refractivity contribution is 0.422. The van der Waals surface area contributed by atoms with Crippen LogP contribution in [0.15, 0.2) is 10.3 Å². The fraction of sp³-hybridized carbons (Fsp3) is 0.714. The predicted molar refractivity (Wildman–Crippen MR) is 83.6 cm³/mol. The first-order chi connectivity index (χ1) is 9.36. The van der Waals surface area contributed by atoms with Crippen LogP contribution in [0.1, 0.15) is 44.1 Å². The van der Waals surface area contributed by atoms with Gasteiger partial charge in [-0.2, -0.15) is 4.31 Å². The van der Waals surface area contributed by atoms with Crippen LogP contribution in [-0.2, 0) is 16.6 Å². The van der Waals surface area contributed by atoms with Crippen molar-refractivity contribution in [2.45, 2.75) is 63.4 Å². The van der Waals surface area contributed by atoms with Gasteiger partial charge in [-0.3, -0.25) is 0 Å².